The highest BCUT2D eigenvalue weighted by molar-refractivity contribution is 5.05. The molecule has 2 N–H and O–H groups in total. The molecule has 0 spiro atoms. The predicted octanol–water partition coefficient (Wildman–Crippen LogP) is 0.371. The second-order valence-electron chi connectivity index (χ2n) is 4.20. The molecule has 0 saturated carbocycles. The molecular weight excluding hydrogens is 216 g/mol. The molecule has 17 heavy (non-hydrogen) atoms. The first-order chi connectivity index (χ1) is 8.33. The summed E-state index contributed by atoms with van der Waals surface area (Å²) in [5.41, 5.74) is 6.53. The lowest BCUT2D eigenvalue weighted by Gasteiger charge is -2.31. The van der Waals surface area contributed by atoms with Crippen molar-refractivity contribution in [1.29, 1.82) is 0 Å². The van der Waals surface area contributed by atoms with Gasteiger partial charge in [0.05, 0.1) is 6.61 Å². The fourth-order valence-electron chi connectivity index (χ4n) is 2.00. The van der Waals surface area contributed by atoms with Gasteiger partial charge in [-0.25, -0.2) is 9.97 Å². The smallest absolute Gasteiger partial charge is 0.158 e. The Morgan fingerprint density at radius 2 is 2.47 bits per heavy atom. The van der Waals surface area contributed by atoms with Crippen LogP contribution in [0, 0.1) is 0 Å². The molecule has 1 aromatic rings. The summed E-state index contributed by atoms with van der Waals surface area (Å²) < 4.78 is 5.73. The maximum absolute atomic E-state index is 5.73. The first-order valence-electron chi connectivity index (χ1n) is 6.19. The number of hydrogen-bond donors (Lipinski definition) is 1. The molecule has 1 aliphatic heterocycles. The minimum Gasteiger partial charge on any atom is -0.368 e. The number of rotatable bonds is 4. The fraction of sp³-hybridized carbons (Fsp3) is 0.667. The van der Waals surface area contributed by atoms with Crippen LogP contribution in [0.5, 0.6) is 0 Å². The maximum Gasteiger partial charge on any atom is 0.158 e. The Kier molecular flexibility index (Phi) is 4.42. The fourth-order valence-corrected chi connectivity index (χ4v) is 2.00. The summed E-state index contributed by atoms with van der Waals surface area (Å²) in [4.78, 5) is 11.2. The van der Waals surface area contributed by atoms with Crippen molar-refractivity contribution in [2.24, 2.45) is 5.73 Å². The van der Waals surface area contributed by atoms with Crippen LogP contribution >= 0.6 is 0 Å². The molecular formula is C12H20N4O. The Labute approximate surface area is 102 Å². The van der Waals surface area contributed by atoms with Gasteiger partial charge >= 0.3 is 0 Å². The molecule has 0 aromatic carbocycles. The number of ether oxygens (including phenoxy) is 1. The second-order valence-corrected chi connectivity index (χ2v) is 4.20. The molecule has 5 nitrogen and oxygen atoms in total. The molecule has 1 aliphatic rings. The highest BCUT2D eigenvalue weighted by Crippen LogP contribution is 2.18. The van der Waals surface area contributed by atoms with E-state index in [1.54, 1.807) is 6.20 Å². The number of likely N-dealkylation sites (N-methyl/N-ethyl adjacent to an activating group) is 1. The zero-order chi connectivity index (χ0) is 12.1. The lowest BCUT2D eigenvalue weighted by atomic mass is 10.2. The van der Waals surface area contributed by atoms with Crippen LogP contribution in [0.3, 0.4) is 0 Å². The largest absolute Gasteiger partial charge is 0.368 e. The Morgan fingerprint density at radius 1 is 1.59 bits per heavy atom. The van der Waals surface area contributed by atoms with Crippen molar-refractivity contribution in [3.63, 3.8) is 0 Å². The number of nitrogens with two attached hydrogens (primary N) is 1. The van der Waals surface area contributed by atoms with E-state index in [0.29, 0.717) is 6.54 Å². The quantitative estimate of drug-likeness (QED) is 0.818. The van der Waals surface area contributed by atoms with Crippen molar-refractivity contribution in [2.75, 3.05) is 32.8 Å². The molecule has 1 unspecified atom stereocenters. The van der Waals surface area contributed by atoms with Crippen molar-refractivity contribution in [3.05, 3.63) is 23.8 Å². The summed E-state index contributed by atoms with van der Waals surface area (Å²) in [6, 6.07) is 1.91. The van der Waals surface area contributed by atoms with Crippen molar-refractivity contribution in [1.82, 2.24) is 14.9 Å². The van der Waals surface area contributed by atoms with Crippen molar-refractivity contribution in [2.45, 2.75) is 19.4 Å². The molecule has 1 aromatic heterocycles. The van der Waals surface area contributed by atoms with Crippen LogP contribution in [0.4, 0.5) is 0 Å². The minimum absolute atomic E-state index is 0.00132. The summed E-state index contributed by atoms with van der Waals surface area (Å²) in [5, 5.41) is 0. The average Bonchev–Trinajstić information content (AvgIpc) is 2.40. The summed E-state index contributed by atoms with van der Waals surface area (Å²) >= 11 is 0. The van der Waals surface area contributed by atoms with Gasteiger partial charge in [-0.2, -0.15) is 0 Å². The van der Waals surface area contributed by atoms with Gasteiger partial charge in [0.15, 0.2) is 5.82 Å². The Bertz CT molecular complexity index is 358. The zero-order valence-electron chi connectivity index (χ0n) is 10.3. The molecule has 5 heteroatoms. The van der Waals surface area contributed by atoms with Crippen LogP contribution in [0.1, 0.15) is 24.5 Å². The van der Waals surface area contributed by atoms with E-state index in [4.69, 9.17) is 10.5 Å². The molecule has 0 amide bonds. The third-order valence-corrected chi connectivity index (χ3v) is 3.02. The maximum atomic E-state index is 5.73. The van der Waals surface area contributed by atoms with Gasteiger partial charge in [-0.1, -0.05) is 6.92 Å². The van der Waals surface area contributed by atoms with Gasteiger partial charge in [0.1, 0.15) is 6.10 Å². The van der Waals surface area contributed by atoms with Crippen molar-refractivity contribution < 1.29 is 4.74 Å². The SMILES string of the molecule is CCN1CCOC(c2nccc(CCN)n2)C1. The standard InChI is InChI=1S/C12H20N4O/c1-2-16-7-8-17-11(9-16)12-14-6-4-10(15-12)3-5-13/h4,6,11H,2-3,5,7-9,13H2,1H3. The van der Waals surface area contributed by atoms with Gasteiger partial charge in [0.2, 0.25) is 0 Å². The van der Waals surface area contributed by atoms with Crippen LogP contribution < -0.4 is 5.73 Å². The lowest BCUT2D eigenvalue weighted by Crippen LogP contribution is -2.38. The van der Waals surface area contributed by atoms with Crippen LogP contribution in [0.15, 0.2) is 12.3 Å². The van der Waals surface area contributed by atoms with Gasteiger partial charge in [0.25, 0.3) is 0 Å². The van der Waals surface area contributed by atoms with Crippen LogP contribution in [-0.4, -0.2) is 47.7 Å². The number of hydrogen-bond acceptors (Lipinski definition) is 5. The topological polar surface area (TPSA) is 64.3 Å². The molecule has 94 valence electrons. The van der Waals surface area contributed by atoms with E-state index in [1.807, 2.05) is 6.07 Å². The molecule has 1 fully saturated rings. The van der Waals surface area contributed by atoms with E-state index in [2.05, 4.69) is 21.8 Å². The summed E-state index contributed by atoms with van der Waals surface area (Å²) in [6.45, 7) is 6.44. The normalized spacial score (nSPS) is 21.6. The molecule has 0 aliphatic carbocycles. The lowest BCUT2D eigenvalue weighted by molar-refractivity contribution is -0.0326. The van der Waals surface area contributed by atoms with E-state index >= 15 is 0 Å². The van der Waals surface area contributed by atoms with Crippen molar-refractivity contribution in [3.8, 4) is 0 Å². The third-order valence-electron chi connectivity index (χ3n) is 3.02. The minimum atomic E-state index is 0.00132. The van der Waals surface area contributed by atoms with E-state index in [-0.39, 0.29) is 6.10 Å². The summed E-state index contributed by atoms with van der Waals surface area (Å²) in [6.07, 6.45) is 2.59. The Morgan fingerprint density at radius 3 is 3.24 bits per heavy atom. The second kappa shape index (κ2) is 6.05. The van der Waals surface area contributed by atoms with Gasteiger partial charge < -0.3 is 10.5 Å². The van der Waals surface area contributed by atoms with Gasteiger partial charge in [-0.15, -0.1) is 0 Å². The molecule has 1 atom stereocenters. The first-order valence-corrected chi connectivity index (χ1v) is 6.19. The monoisotopic (exact) mass is 236 g/mol. The third kappa shape index (κ3) is 3.21. The summed E-state index contributed by atoms with van der Waals surface area (Å²) in [7, 11) is 0. The van der Waals surface area contributed by atoms with E-state index < -0.39 is 0 Å². The van der Waals surface area contributed by atoms with E-state index in [9.17, 15) is 0 Å². The highest BCUT2D eigenvalue weighted by Gasteiger charge is 2.23. The molecule has 0 bridgehead atoms. The van der Waals surface area contributed by atoms with Gasteiger partial charge in [0, 0.05) is 31.4 Å². The molecule has 1 saturated heterocycles. The number of nitrogens with zero attached hydrogens (tertiary/aromatic N) is 3. The zero-order valence-corrected chi connectivity index (χ0v) is 10.3. The van der Waals surface area contributed by atoms with Crippen LogP contribution in [-0.2, 0) is 11.2 Å². The highest BCUT2D eigenvalue weighted by atomic mass is 16.5. The Hall–Kier alpha value is -1.04. The van der Waals surface area contributed by atoms with Crippen LogP contribution in [0.25, 0.3) is 0 Å². The molecule has 2 rings (SSSR count). The number of aromatic nitrogens is 2. The van der Waals surface area contributed by atoms with E-state index in [1.165, 1.54) is 0 Å². The average molecular weight is 236 g/mol. The molecule has 2 heterocycles. The Balaban J connectivity index is 2.07. The van der Waals surface area contributed by atoms with Gasteiger partial charge in [-0.05, 0) is 19.2 Å². The number of morpholine rings is 1. The van der Waals surface area contributed by atoms with Gasteiger partial charge in [-0.3, -0.25) is 4.90 Å². The van der Waals surface area contributed by atoms with Crippen molar-refractivity contribution >= 4 is 0 Å². The van der Waals surface area contributed by atoms with Crippen LogP contribution in [0.2, 0.25) is 0 Å². The predicted molar refractivity (Wildman–Crippen MR) is 65.6 cm³/mol. The van der Waals surface area contributed by atoms with E-state index in [0.717, 1.165) is 44.2 Å². The summed E-state index contributed by atoms with van der Waals surface area (Å²) in [5.74, 6) is 0.786. The first kappa shape index (κ1) is 12.4. The molecule has 0 radical (unpaired) electrons.